The smallest absolute Gasteiger partial charge is 0.223 e. The van der Waals surface area contributed by atoms with Gasteiger partial charge < -0.3 is 4.90 Å². The third-order valence-corrected chi connectivity index (χ3v) is 4.11. The van der Waals surface area contributed by atoms with Gasteiger partial charge in [-0.05, 0) is 35.7 Å². The molecule has 2 heterocycles. The standard InChI is InChI=1S/C16H15BrN2O/c17-14-6-3-12(4-7-14)5-8-16(20)19-10-13-2-1-9-18-15(13)11-19/h1-4,6-7,9H,5,8,10-11H2. The second-order valence-corrected chi connectivity index (χ2v) is 5.90. The molecule has 4 heteroatoms. The summed E-state index contributed by atoms with van der Waals surface area (Å²) >= 11 is 3.41. The van der Waals surface area contributed by atoms with Gasteiger partial charge in [0.2, 0.25) is 5.91 Å². The van der Waals surface area contributed by atoms with Gasteiger partial charge in [-0.1, -0.05) is 34.1 Å². The number of hydrogen-bond acceptors (Lipinski definition) is 2. The Kier molecular flexibility index (Phi) is 3.83. The van der Waals surface area contributed by atoms with Gasteiger partial charge in [-0.15, -0.1) is 0 Å². The molecule has 3 nitrogen and oxygen atoms in total. The minimum absolute atomic E-state index is 0.200. The summed E-state index contributed by atoms with van der Waals surface area (Å²) in [6.07, 6.45) is 3.12. The lowest BCUT2D eigenvalue weighted by Crippen LogP contribution is -2.25. The summed E-state index contributed by atoms with van der Waals surface area (Å²) < 4.78 is 1.06. The molecule has 20 heavy (non-hydrogen) atoms. The van der Waals surface area contributed by atoms with Crippen molar-refractivity contribution in [1.29, 1.82) is 0 Å². The first-order chi connectivity index (χ1) is 9.72. The molecule has 1 aromatic carbocycles. The summed E-state index contributed by atoms with van der Waals surface area (Å²) in [6.45, 7) is 1.34. The van der Waals surface area contributed by atoms with Gasteiger partial charge in [-0.2, -0.15) is 0 Å². The van der Waals surface area contributed by atoms with E-state index in [1.165, 1.54) is 11.1 Å². The van der Waals surface area contributed by atoms with E-state index in [2.05, 4.69) is 33.0 Å². The quantitative estimate of drug-likeness (QED) is 0.864. The molecule has 0 radical (unpaired) electrons. The summed E-state index contributed by atoms with van der Waals surface area (Å²) in [7, 11) is 0. The fourth-order valence-corrected chi connectivity index (χ4v) is 2.70. The number of pyridine rings is 1. The minimum atomic E-state index is 0.200. The number of fused-ring (bicyclic) bond motifs is 1. The van der Waals surface area contributed by atoms with E-state index in [1.807, 2.05) is 29.2 Å². The fraction of sp³-hybridized carbons (Fsp3) is 0.250. The lowest BCUT2D eigenvalue weighted by Gasteiger charge is -2.14. The van der Waals surface area contributed by atoms with Crippen molar-refractivity contribution in [3.63, 3.8) is 0 Å². The van der Waals surface area contributed by atoms with Gasteiger partial charge in [0, 0.05) is 23.6 Å². The molecule has 3 rings (SSSR count). The predicted octanol–water partition coefficient (Wildman–Crippen LogP) is 3.32. The molecule has 0 bridgehead atoms. The Morgan fingerprint density at radius 3 is 2.75 bits per heavy atom. The van der Waals surface area contributed by atoms with Gasteiger partial charge in [-0.3, -0.25) is 9.78 Å². The van der Waals surface area contributed by atoms with Crippen LogP contribution < -0.4 is 0 Å². The second-order valence-electron chi connectivity index (χ2n) is 4.99. The maximum atomic E-state index is 12.2. The summed E-state index contributed by atoms with van der Waals surface area (Å²) in [5.74, 6) is 0.200. The molecule has 0 spiro atoms. The van der Waals surface area contributed by atoms with Gasteiger partial charge in [0.15, 0.2) is 0 Å². The Balaban J connectivity index is 1.57. The van der Waals surface area contributed by atoms with Crippen molar-refractivity contribution in [2.24, 2.45) is 0 Å². The van der Waals surface area contributed by atoms with Gasteiger partial charge in [0.1, 0.15) is 0 Å². The van der Waals surface area contributed by atoms with E-state index in [1.54, 1.807) is 6.20 Å². The first kappa shape index (κ1) is 13.3. The highest BCUT2D eigenvalue weighted by Crippen LogP contribution is 2.21. The molecule has 0 N–H and O–H groups in total. The number of rotatable bonds is 3. The van der Waals surface area contributed by atoms with Crippen LogP contribution >= 0.6 is 15.9 Å². The molecule has 0 saturated heterocycles. The number of nitrogens with zero attached hydrogens (tertiary/aromatic N) is 2. The third-order valence-electron chi connectivity index (χ3n) is 3.58. The van der Waals surface area contributed by atoms with Crippen LogP contribution in [0.2, 0.25) is 0 Å². The first-order valence-corrected chi connectivity index (χ1v) is 7.46. The average molecular weight is 331 g/mol. The van der Waals surface area contributed by atoms with Crippen LogP contribution in [0.3, 0.4) is 0 Å². The molecule has 0 fully saturated rings. The maximum Gasteiger partial charge on any atom is 0.223 e. The zero-order chi connectivity index (χ0) is 13.9. The third kappa shape index (κ3) is 2.90. The monoisotopic (exact) mass is 330 g/mol. The number of carbonyl (C=O) groups excluding carboxylic acids is 1. The molecular weight excluding hydrogens is 316 g/mol. The van der Waals surface area contributed by atoms with E-state index < -0.39 is 0 Å². The zero-order valence-electron chi connectivity index (χ0n) is 11.1. The van der Waals surface area contributed by atoms with Crippen molar-refractivity contribution >= 4 is 21.8 Å². The van der Waals surface area contributed by atoms with Gasteiger partial charge in [0.05, 0.1) is 12.2 Å². The van der Waals surface area contributed by atoms with Crippen molar-refractivity contribution in [2.45, 2.75) is 25.9 Å². The van der Waals surface area contributed by atoms with E-state index >= 15 is 0 Å². The zero-order valence-corrected chi connectivity index (χ0v) is 12.6. The van der Waals surface area contributed by atoms with Crippen LogP contribution in [0.5, 0.6) is 0 Å². The van der Waals surface area contributed by atoms with E-state index in [0.29, 0.717) is 19.5 Å². The van der Waals surface area contributed by atoms with Crippen LogP contribution in [0.4, 0.5) is 0 Å². The predicted molar refractivity (Wildman–Crippen MR) is 81.0 cm³/mol. The molecule has 1 amide bonds. The van der Waals surface area contributed by atoms with Crippen LogP contribution in [0.25, 0.3) is 0 Å². The number of amides is 1. The van der Waals surface area contributed by atoms with Crippen molar-refractivity contribution in [3.05, 3.63) is 63.9 Å². The molecule has 0 unspecified atom stereocenters. The van der Waals surface area contributed by atoms with Crippen LogP contribution in [-0.4, -0.2) is 15.8 Å². The largest absolute Gasteiger partial charge is 0.332 e. The molecule has 102 valence electrons. The van der Waals surface area contributed by atoms with Gasteiger partial charge in [-0.25, -0.2) is 0 Å². The Bertz CT molecular complexity index is 600. The highest BCUT2D eigenvalue weighted by atomic mass is 79.9. The van der Waals surface area contributed by atoms with Crippen LogP contribution in [0, 0.1) is 0 Å². The SMILES string of the molecule is O=C(CCc1ccc(Br)cc1)N1Cc2cccnc2C1. The number of aryl methyl sites for hydroxylation is 1. The van der Waals surface area contributed by atoms with Crippen LogP contribution in [-0.2, 0) is 24.3 Å². The summed E-state index contributed by atoms with van der Waals surface area (Å²) in [6, 6.07) is 12.1. The second kappa shape index (κ2) is 5.75. The average Bonchev–Trinajstić information content (AvgIpc) is 2.90. The van der Waals surface area contributed by atoms with Crippen molar-refractivity contribution in [1.82, 2.24) is 9.88 Å². The van der Waals surface area contributed by atoms with E-state index in [-0.39, 0.29) is 5.91 Å². The minimum Gasteiger partial charge on any atom is -0.332 e. The van der Waals surface area contributed by atoms with Crippen molar-refractivity contribution in [3.8, 4) is 0 Å². The molecule has 0 aliphatic carbocycles. The normalized spacial score (nSPS) is 13.3. The summed E-state index contributed by atoms with van der Waals surface area (Å²) in [5, 5.41) is 0. The topological polar surface area (TPSA) is 33.2 Å². The summed E-state index contributed by atoms with van der Waals surface area (Å²) in [4.78, 5) is 18.4. The van der Waals surface area contributed by atoms with E-state index in [4.69, 9.17) is 0 Å². The molecule has 1 aliphatic rings. The lowest BCUT2D eigenvalue weighted by molar-refractivity contribution is -0.131. The van der Waals surface area contributed by atoms with Crippen LogP contribution in [0.1, 0.15) is 23.2 Å². The van der Waals surface area contributed by atoms with E-state index in [0.717, 1.165) is 16.6 Å². The van der Waals surface area contributed by atoms with Crippen LogP contribution in [0.15, 0.2) is 47.1 Å². The number of benzene rings is 1. The molecule has 2 aromatic rings. The number of halogens is 1. The number of carbonyl (C=O) groups is 1. The van der Waals surface area contributed by atoms with Gasteiger partial charge >= 0.3 is 0 Å². The molecular formula is C16H15BrN2O. The first-order valence-electron chi connectivity index (χ1n) is 6.67. The molecule has 1 aliphatic heterocycles. The molecule has 0 atom stereocenters. The fourth-order valence-electron chi connectivity index (χ4n) is 2.44. The maximum absolute atomic E-state index is 12.2. The van der Waals surface area contributed by atoms with Gasteiger partial charge in [0.25, 0.3) is 0 Å². The summed E-state index contributed by atoms with van der Waals surface area (Å²) in [5.41, 5.74) is 3.39. The Morgan fingerprint density at radius 2 is 2.00 bits per heavy atom. The Morgan fingerprint density at radius 1 is 1.20 bits per heavy atom. The highest BCUT2D eigenvalue weighted by molar-refractivity contribution is 9.10. The number of aromatic nitrogens is 1. The highest BCUT2D eigenvalue weighted by Gasteiger charge is 2.23. The number of hydrogen-bond donors (Lipinski definition) is 0. The van der Waals surface area contributed by atoms with Crippen molar-refractivity contribution < 1.29 is 4.79 Å². The Labute approximate surface area is 126 Å². The van der Waals surface area contributed by atoms with Crippen molar-refractivity contribution in [2.75, 3.05) is 0 Å². The van der Waals surface area contributed by atoms with E-state index in [9.17, 15) is 4.79 Å². The lowest BCUT2D eigenvalue weighted by atomic mass is 10.1. The molecule has 0 saturated carbocycles. The Hall–Kier alpha value is -1.68. The molecule has 1 aromatic heterocycles.